The van der Waals surface area contributed by atoms with E-state index in [1.807, 2.05) is 42.5 Å². The van der Waals surface area contributed by atoms with Gasteiger partial charge in [0, 0.05) is 12.6 Å². The van der Waals surface area contributed by atoms with Crippen molar-refractivity contribution in [3.8, 4) is 0 Å². The lowest BCUT2D eigenvalue weighted by Crippen LogP contribution is -2.57. The molecule has 2 aliphatic heterocycles. The topological polar surface area (TPSA) is 96.2 Å². The lowest BCUT2D eigenvalue weighted by molar-refractivity contribution is -0.139. The van der Waals surface area contributed by atoms with Crippen LogP contribution in [0, 0.1) is 0 Å². The number of amides is 2. The SMILES string of the molecule is CC(C)c1ccc([C@@H](NC(=O)[C@@H]2C[C@@H](F)CN2C(=O)Cn2nncc2N2CC(F)(F)C2)c2ccccc2)nc1. The summed E-state index contributed by atoms with van der Waals surface area (Å²) in [5.41, 5.74) is 2.46. The molecule has 2 amide bonds. The van der Waals surface area contributed by atoms with Crippen LogP contribution < -0.4 is 10.2 Å². The summed E-state index contributed by atoms with van der Waals surface area (Å²) in [7, 11) is 0. The van der Waals surface area contributed by atoms with Crippen LogP contribution in [0.3, 0.4) is 0 Å². The second-order valence-corrected chi connectivity index (χ2v) is 10.4. The number of pyridine rings is 1. The molecule has 5 rings (SSSR count). The molecule has 0 saturated carbocycles. The number of nitrogens with one attached hydrogen (secondary N) is 1. The molecule has 9 nitrogen and oxygen atoms in total. The van der Waals surface area contributed by atoms with Crippen LogP contribution in [0.25, 0.3) is 0 Å². The van der Waals surface area contributed by atoms with Gasteiger partial charge >= 0.3 is 0 Å². The summed E-state index contributed by atoms with van der Waals surface area (Å²) < 4.78 is 42.5. The Morgan fingerprint density at radius 1 is 1.08 bits per heavy atom. The minimum atomic E-state index is -2.81. The van der Waals surface area contributed by atoms with E-state index >= 15 is 0 Å². The van der Waals surface area contributed by atoms with Crippen LogP contribution in [0.2, 0.25) is 0 Å². The third kappa shape index (κ3) is 5.74. The Morgan fingerprint density at radius 2 is 1.82 bits per heavy atom. The van der Waals surface area contributed by atoms with Crippen LogP contribution in [0.15, 0.2) is 54.9 Å². The molecule has 0 radical (unpaired) electrons. The van der Waals surface area contributed by atoms with Gasteiger partial charge in [-0.2, -0.15) is 0 Å². The average molecular weight is 542 g/mol. The highest BCUT2D eigenvalue weighted by atomic mass is 19.3. The maximum absolute atomic E-state index is 14.6. The summed E-state index contributed by atoms with van der Waals surface area (Å²) >= 11 is 0. The first-order chi connectivity index (χ1) is 18.6. The number of anilines is 1. The number of halogens is 3. The number of hydrogen-bond donors (Lipinski definition) is 1. The molecule has 1 N–H and O–H groups in total. The Kier molecular flexibility index (Phi) is 7.28. The van der Waals surface area contributed by atoms with Gasteiger partial charge in [-0.15, -0.1) is 5.10 Å². The predicted octanol–water partition coefficient (Wildman–Crippen LogP) is 3.10. The van der Waals surface area contributed by atoms with E-state index in [0.717, 1.165) is 11.1 Å². The summed E-state index contributed by atoms with van der Waals surface area (Å²) in [5, 5.41) is 10.6. The number of rotatable bonds is 8. The second kappa shape index (κ2) is 10.7. The van der Waals surface area contributed by atoms with Gasteiger partial charge in [0.2, 0.25) is 11.8 Å². The smallest absolute Gasteiger partial charge is 0.282 e. The number of hydrogen-bond acceptors (Lipinski definition) is 6. The largest absolute Gasteiger partial charge is 0.343 e. The van der Waals surface area contributed by atoms with Crippen molar-refractivity contribution in [1.82, 2.24) is 30.2 Å². The minimum absolute atomic E-state index is 0.151. The van der Waals surface area contributed by atoms with E-state index in [1.54, 1.807) is 6.20 Å². The second-order valence-electron chi connectivity index (χ2n) is 10.4. The monoisotopic (exact) mass is 541 g/mol. The van der Waals surface area contributed by atoms with Gasteiger partial charge in [-0.3, -0.25) is 14.6 Å². The van der Waals surface area contributed by atoms with E-state index in [9.17, 15) is 22.8 Å². The van der Waals surface area contributed by atoms with Gasteiger partial charge in [0.05, 0.1) is 37.6 Å². The number of alkyl halides is 3. The summed E-state index contributed by atoms with van der Waals surface area (Å²) in [6.45, 7) is 2.53. The van der Waals surface area contributed by atoms with Crippen molar-refractivity contribution in [2.45, 2.75) is 56.9 Å². The summed E-state index contributed by atoms with van der Waals surface area (Å²) in [5.74, 6) is -3.30. The highest BCUT2D eigenvalue weighted by Crippen LogP contribution is 2.31. The van der Waals surface area contributed by atoms with E-state index in [2.05, 4.69) is 34.5 Å². The molecular weight excluding hydrogens is 511 g/mol. The Hall–Kier alpha value is -3.96. The fourth-order valence-corrected chi connectivity index (χ4v) is 4.95. The van der Waals surface area contributed by atoms with E-state index in [4.69, 9.17) is 0 Å². The van der Waals surface area contributed by atoms with Crippen LogP contribution in [0.4, 0.5) is 19.0 Å². The Balaban J connectivity index is 1.33. The van der Waals surface area contributed by atoms with Crippen molar-refractivity contribution < 1.29 is 22.8 Å². The zero-order chi connectivity index (χ0) is 27.7. The molecular formula is C27H30F3N7O2. The average Bonchev–Trinajstić information content (AvgIpc) is 3.52. The van der Waals surface area contributed by atoms with Crippen molar-refractivity contribution in [2.75, 3.05) is 24.5 Å². The molecule has 0 bridgehead atoms. The first-order valence-corrected chi connectivity index (χ1v) is 12.9. The van der Waals surface area contributed by atoms with Crippen LogP contribution in [-0.2, 0) is 16.1 Å². The van der Waals surface area contributed by atoms with Gasteiger partial charge in [-0.1, -0.05) is 55.5 Å². The molecule has 3 aromatic rings. The van der Waals surface area contributed by atoms with Gasteiger partial charge < -0.3 is 15.1 Å². The quantitative estimate of drug-likeness (QED) is 0.471. The molecule has 39 heavy (non-hydrogen) atoms. The van der Waals surface area contributed by atoms with Gasteiger partial charge in [0.25, 0.3) is 5.92 Å². The van der Waals surface area contributed by atoms with Crippen molar-refractivity contribution in [3.63, 3.8) is 0 Å². The molecule has 1 aromatic carbocycles. The van der Waals surface area contributed by atoms with Gasteiger partial charge in [0.1, 0.15) is 24.6 Å². The molecule has 2 saturated heterocycles. The highest BCUT2D eigenvalue weighted by Gasteiger charge is 2.46. The molecule has 206 valence electrons. The van der Waals surface area contributed by atoms with Crippen LogP contribution in [0.5, 0.6) is 0 Å². The minimum Gasteiger partial charge on any atom is -0.343 e. The normalized spacial score (nSPS) is 21.1. The number of nitrogens with zero attached hydrogens (tertiary/aromatic N) is 6. The summed E-state index contributed by atoms with van der Waals surface area (Å²) in [4.78, 5) is 33.9. The van der Waals surface area contributed by atoms with Crippen LogP contribution in [-0.4, -0.2) is 74.5 Å². The zero-order valence-corrected chi connectivity index (χ0v) is 21.7. The molecule has 0 spiro atoms. The fourth-order valence-electron chi connectivity index (χ4n) is 4.95. The Bertz CT molecular complexity index is 1310. The maximum atomic E-state index is 14.6. The van der Waals surface area contributed by atoms with E-state index in [0.29, 0.717) is 11.6 Å². The van der Waals surface area contributed by atoms with Gasteiger partial charge in [-0.05, 0) is 23.1 Å². The fraction of sp³-hybridized carbons (Fsp3) is 0.444. The number of carbonyl (C=O) groups excluding carboxylic acids is 2. The number of carbonyl (C=O) groups is 2. The lowest BCUT2D eigenvalue weighted by atomic mass is 10.00. The first kappa shape index (κ1) is 26.6. The van der Waals surface area contributed by atoms with E-state index in [1.165, 1.54) is 20.7 Å². The molecule has 2 fully saturated rings. The summed E-state index contributed by atoms with van der Waals surface area (Å²) in [6.07, 6.45) is 1.54. The lowest BCUT2D eigenvalue weighted by Gasteiger charge is -2.39. The Labute approximate surface area is 224 Å². The van der Waals surface area contributed by atoms with Gasteiger partial charge in [0.15, 0.2) is 0 Å². The van der Waals surface area contributed by atoms with Crippen molar-refractivity contribution in [1.29, 1.82) is 0 Å². The van der Waals surface area contributed by atoms with Gasteiger partial charge in [-0.25, -0.2) is 17.9 Å². The highest BCUT2D eigenvalue weighted by molar-refractivity contribution is 5.89. The van der Waals surface area contributed by atoms with Crippen molar-refractivity contribution in [2.24, 2.45) is 0 Å². The number of aromatic nitrogens is 4. The third-order valence-corrected chi connectivity index (χ3v) is 7.11. The van der Waals surface area contributed by atoms with Crippen LogP contribution in [0.1, 0.15) is 49.0 Å². The molecule has 2 aromatic heterocycles. The number of likely N-dealkylation sites (tertiary alicyclic amines) is 1. The molecule has 0 aliphatic carbocycles. The first-order valence-electron chi connectivity index (χ1n) is 12.9. The summed E-state index contributed by atoms with van der Waals surface area (Å²) in [6, 6.07) is 11.5. The standard InChI is InChI=1S/C27H30F3N7O2/c1-17(2)19-8-9-21(31-11-19)25(18-6-4-3-5-7-18)33-26(39)22-10-20(28)13-36(22)24(38)14-37-23(12-32-34-37)35-15-27(29,30)16-35/h3-9,11-12,17,20,22,25H,10,13-16H2,1-2H3,(H,33,39)/t20-,22+,25+/m1/s1. The van der Waals surface area contributed by atoms with Crippen molar-refractivity contribution in [3.05, 3.63) is 71.7 Å². The maximum Gasteiger partial charge on any atom is 0.282 e. The van der Waals surface area contributed by atoms with Crippen molar-refractivity contribution >= 4 is 17.6 Å². The van der Waals surface area contributed by atoms with E-state index in [-0.39, 0.29) is 25.3 Å². The molecule has 0 unspecified atom stereocenters. The molecule has 2 aliphatic rings. The molecule has 4 heterocycles. The third-order valence-electron chi connectivity index (χ3n) is 7.11. The molecule has 12 heteroatoms. The zero-order valence-electron chi connectivity index (χ0n) is 21.7. The predicted molar refractivity (Wildman–Crippen MR) is 137 cm³/mol. The van der Waals surface area contributed by atoms with E-state index < -0.39 is 49.1 Å². The Morgan fingerprint density at radius 3 is 2.46 bits per heavy atom. The molecule has 3 atom stereocenters. The number of benzene rings is 1. The van der Waals surface area contributed by atoms with Crippen LogP contribution >= 0.6 is 0 Å².